The number of hydrogen-bond donors (Lipinski definition) is 1. The zero-order chi connectivity index (χ0) is 14.4. The third-order valence-electron chi connectivity index (χ3n) is 3.51. The average molecular weight is 342 g/mol. The Hall–Kier alpha value is -0.650. The SMILES string of the molecule is CCCNCc1cc(Br)cnc1N(C)CC1CCCO1. The van der Waals surface area contributed by atoms with Crippen LogP contribution in [0.4, 0.5) is 5.82 Å². The molecule has 0 aliphatic carbocycles. The molecule has 0 saturated carbocycles. The Morgan fingerprint density at radius 1 is 1.55 bits per heavy atom. The van der Waals surface area contributed by atoms with Crippen molar-refractivity contribution in [3.63, 3.8) is 0 Å². The summed E-state index contributed by atoms with van der Waals surface area (Å²) in [5.41, 5.74) is 1.23. The molecule has 2 rings (SSSR count). The van der Waals surface area contributed by atoms with Crippen LogP contribution < -0.4 is 10.2 Å². The van der Waals surface area contributed by atoms with Gasteiger partial charge in [0, 0.05) is 43.0 Å². The molecule has 1 aromatic rings. The van der Waals surface area contributed by atoms with Crippen LogP contribution in [-0.4, -0.2) is 37.8 Å². The fourth-order valence-corrected chi connectivity index (χ4v) is 2.91. The molecule has 1 atom stereocenters. The second-order valence-corrected chi connectivity index (χ2v) is 6.24. The van der Waals surface area contributed by atoms with Gasteiger partial charge in [0.1, 0.15) is 5.82 Å². The van der Waals surface area contributed by atoms with Gasteiger partial charge in [-0.1, -0.05) is 6.92 Å². The molecule has 0 aromatic carbocycles. The normalized spacial score (nSPS) is 18.4. The molecule has 4 nitrogen and oxygen atoms in total. The standard InChI is InChI=1S/C15H24BrN3O/c1-3-6-17-9-12-8-13(16)10-18-15(12)19(2)11-14-5-4-7-20-14/h8,10,14,17H,3-7,9,11H2,1-2H3. The van der Waals surface area contributed by atoms with Crippen molar-refractivity contribution in [2.45, 2.75) is 38.8 Å². The van der Waals surface area contributed by atoms with Gasteiger partial charge in [-0.15, -0.1) is 0 Å². The second kappa shape index (κ2) is 7.96. The van der Waals surface area contributed by atoms with E-state index in [1.54, 1.807) is 0 Å². The van der Waals surface area contributed by atoms with Gasteiger partial charge in [0.2, 0.25) is 0 Å². The van der Waals surface area contributed by atoms with Gasteiger partial charge < -0.3 is 15.0 Å². The summed E-state index contributed by atoms with van der Waals surface area (Å²) in [5.74, 6) is 1.05. The summed E-state index contributed by atoms with van der Waals surface area (Å²) in [6, 6.07) is 2.15. The smallest absolute Gasteiger partial charge is 0.132 e. The van der Waals surface area contributed by atoms with Crippen molar-refractivity contribution in [1.29, 1.82) is 0 Å². The molecule has 1 aliphatic rings. The molecular weight excluding hydrogens is 318 g/mol. The average Bonchev–Trinajstić information content (AvgIpc) is 2.92. The number of pyridine rings is 1. The Morgan fingerprint density at radius 2 is 2.40 bits per heavy atom. The predicted molar refractivity (Wildman–Crippen MR) is 86.2 cm³/mol. The molecule has 1 saturated heterocycles. The third kappa shape index (κ3) is 4.43. The number of nitrogens with zero attached hydrogens (tertiary/aromatic N) is 2. The first-order valence-electron chi connectivity index (χ1n) is 7.38. The Labute approximate surface area is 130 Å². The highest BCUT2D eigenvalue weighted by atomic mass is 79.9. The van der Waals surface area contributed by atoms with E-state index in [4.69, 9.17) is 4.74 Å². The minimum absolute atomic E-state index is 0.349. The number of ether oxygens (including phenoxy) is 1. The van der Waals surface area contributed by atoms with E-state index < -0.39 is 0 Å². The van der Waals surface area contributed by atoms with E-state index >= 15 is 0 Å². The molecule has 0 bridgehead atoms. The van der Waals surface area contributed by atoms with E-state index in [-0.39, 0.29) is 0 Å². The maximum atomic E-state index is 5.71. The molecule has 1 N–H and O–H groups in total. The summed E-state index contributed by atoms with van der Waals surface area (Å²) in [7, 11) is 2.10. The molecule has 112 valence electrons. The number of anilines is 1. The first kappa shape index (κ1) is 15.7. The summed E-state index contributed by atoms with van der Waals surface area (Å²) in [5, 5.41) is 3.45. The lowest BCUT2D eigenvalue weighted by atomic mass is 10.2. The first-order chi connectivity index (χ1) is 9.70. The number of halogens is 1. The van der Waals surface area contributed by atoms with Crippen LogP contribution in [0, 0.1) is 0 Å². The van der Waals surface area contributed by atoms with Crippen LogP contribution in [0.1, 0.15) is 31.7 Å². The van der Waals surface area contributed by atoms with Gasteiger partial charge in [-0.2, -0.15) is 0 Å². The molecule has 1 unspecified atom stereocenters. The quantitative estimate of drug-likeness (QED) is 0.773. The minimum atomic E-state index is 0.349. The van der Waals surface area contributed by atoms with Gasteiger partial charge in [0.05, 0.1) is 6.10 Å². The fraction of sp³-hybridized carbons (Fsp3) is 0.667. The van der Waals surface area contributed by atoms with Crippen molar-refractivity contribution in [2.75, 3.05) is 31.6 Å². The van der Waals surface area contributed by atoms with Gasteiger partial charge in [0.25, 0.3) is 0 Å². The zero-order valence-electron chi connectivity index (χ0n) is 12.4. The fourth-order valence-electron chi connectivity index (χ4n) is 2.53. The molecule has 1 fully saturated rings. The van der Waals surface area contributed by atoms with Crippen LogP contribution in [-0.2, 0) is 11.3 Å². The monoisotopic (exact) mass is 341 g/mol. The number of rotatable bonds is 7. The van der Waals surface area contributed by atoms with E-state index in [0.717, 1.165) is 49.4 Å². The maximum absolute atomic E-state index is 5.71. The number of likely N-dealkylation sites (N-methyl/N-ethyl adjacent to an activating group) is 1. The minimum Gasteiger partial charge on any atom is -0.376 e. The van der Waals surface area contributed by atoms with Crippen molar-refractivity contribution < 1.29 is 4.74 Å². The Balaban J connectivity index is 2.03. The Kier molecular flexibility index (Phi) is 6.26. The van der Waals surface area contributed by atoms with E-state index in [0.29, 0.717) is 6.10 Å². The molecule has 20 heavy (non-hydrogen) atoms. The lowest BCUT2D eigenvalue weighted by molar-refractivity contribution is 0.116. The summed E-state index contributed by atoms with van der Waals surface area (Å²) < 4.78 is 6.74. The van der Waals surface area contributed by atoms with Crippen molar-refractivity contribution >= 4 is 21.7 Å². The molecular formula is C15H24BrN3O. The molecule has 1 aromatic heterocycles. The van der Waals surface area contributed by atoms with Crippen LogP contribution in [0.25, 0.3) is 0 Å². The molecule has 5 heteroatoms. The summed E-state index contributed by atoms with van der Waals surface area (Å²) in [6.07, 6.45) is 5.69. The van der Waals surface area contributed by atoms with Crippen molar-refractivity contribution in [3.05, 3.63) is 22.3 Å². The Morgan fingerprint density at radius 3 is 3.10 bits per heavy atom. The van der Waals surface area contributed by atoms with Crippen LogP contribution in [0.3, 0.4) is 0 Å². The van der Waals surface area contributed by atoms with Crippen LogP contribution in [0.2, 0.25) is 0 Å². The lowest BCUT2D eigenvalue weighted by Crippen LogP contribution is -2.30. The van der Waals surface area contributed by atoms with Gasteiger partial charge in [0.15, 0.2) is 0 Å². The highest BCUT2D eigenvalue weighted by Crippen LogP contribution is 2.22. The zero-order valence-corrected chi connectivity index (χ0v) is 13.9. The summed E-state index contributed by atoms with van der Waals surface area (Å²) in [6.45, 7) is 5.87. The maximum Gasteiger partial charge on any atom is 0.132 e. The van der Waals surface area contributed by atoms with E-state index in [1.807, 2.05) is 6.20 Å². The molecule has 1 aliphatic heterocycles. The van der Waals surface area contributed by atoms with Crippen molar-refractivity contribution in [3.8, 4) is 0 Å². The largest absolute Gasteiger partial charge is 0.376 e. The number of aromatic nitrogens is 1. The van der Waals surface area contributed by atoms with Crippen LogP contribution in [0.15, 0.2) is 16.7 Å². The topological polar surface area (TPSA) is 37.4 Å². The second-order valence-electron chi connectivity index (χ2n) is 5.33. The lowest BCUT2D eigenvalue weighted by Gasteiger charge is -2.24. The Bertz CT molecular complexity index is 422. The molecule has 0 spiro atoms. The highest BCUT2D eigenvalue weighted by Gasteiger charge is 2.19. The van der Waals surface area contributed by atoms with Gasteiger partial charge >= 0.3 is 0 Å². The van der Waals surface area contributed by atoms with Crippen LogP contribution >= 0.6 is 15.9 Å². The van der Waals surface area contributed by atoms with E-state index in [2.05, 4.69) is 51.2 Å². The van der Waals surface area contributed by atoms with E-state index in [9.17, 15) is 0 Å². The molecule has 2 heterocycles. The predicted octanol–water partition coefficient (Wildman–Crippen LogP) is 2.96. The van der Waals surface area contributed by atoms with Crippen LogP contribution in [0.5, 0.6) is 0 Å². The summed E-state index contributed by atoms with van der Waals surface area (Å²) >= 11 is 3.51. The summed E-state index contributed by atoms with van der Waals surface area (Å²) in [4.78, 5) is 6.80. The number of hydrogen-bond acceptors (Lipinski definition) is 4. The van der Waals surface area contributed by atoms with Crippen molar-refractivity contribution in [2.24, 2.45) is 0 Å². The van der Waals surface area contributed by atoms with Gasteiger partial charge in [-0.05, 0) is 47.8 Å². The molecule has 0 radical (unpaired) electrons. The highest BCUT2D eigenvalue weighted by molar-refractivity contribution is 9.10. The van der Waals surface area contributed by atoms with Gasteiger partial charge in [-0.25, -0.2) is 4.98 Å². The first-order valence-corrected chi connectivity index (χ1v) is 8.18. The third-order valence-corrected chi connectivity index (χ3v) is 3.95. The van der Waals surface area contributed by atoms with Gasteiger partial charge in [-0.3, -0.25) is 0 Å². The van der Waals surface area contributed by atoms with E-state index in [1.165, 1.54) is 12.0 Å². The number of nitrogens with one attached hydrogen (secondary N) is 1. The molecule has 0 amide bonds. The van der Waals surface area contributed by atoms with Crippen molar-refractivity contribution in [1.82, 2.24) is 10.3 Å².